The Bertz CT molecular complexity index is 761. The Kier molecular flexibility index (Phi) is 6.89. The van der Waals surface area contributed by atoms with E-state index >= 15 is 0 Å². The van der Waals surface area contributed by atoms with E-state index in [4.69, 9.17) is 14.2 Å². The van der Waals surface area contributed by atoms with Gasteiger partial charge in [0.1, 0.15) is 5.75 Å². The monoisotopic (exact) mass is 405 g/mol. The second-order valence-electron chi connectivity index (χ2n) is 5.16. The maximum Gasteiger partial charge on any atom is 0.262 e. The van der Waals surface area contributed by atoms with Crippen molar-refractivity contribution < 1.29 is 19.0 Å². The van der Waals surface area contributed by atoms with Gasteiger partial charge in [0.05, 0.1) is 19.9 Å². The highest BCUT2D eigenvalue weighted by atomic mass is 79.9. The molecule has 0 bridgehead atoms. The van der Waals surface area contributed by atoms with E-state index in [2.05, 4.69) is 27.8 Å². The van der Waals surface area contributed by atoms with Gasteiger partial charge in [0, 0.05) is 4.47 Å². The van der Waals surface area contributed by atoms with Crippen molar-refractivity contribution in [2.45, 2.75) is 6.42 Å². The number of rotatable bonds is 8. The van der Waals surface area contributed by atoms with Gasteiger partial charge >= 0.3 is 0 Å². The topological polar surface area (TPSA) is 56.8 Å². The van der Waals surface area contributed by atoms with Gasteiger partial charge in [0.15, 0.2) is 18.1 Å². The minimum Gasteiger partial charge on any atom is -0.495 e. The van der Waals surface area contributed by atoms with Crippen molar-refractivity contribution >= 4 is 27.5 Å². The molecule has 2 rings (SSSR count). The molecule has 132 valence electrons. The quantitative estimate of drug-likeness (QED) is 0.668. The Morgan fingerprint density at radius 3 is 2.52 bits per heavy atom. The summed E-state index contributed by atoms with van der Waals surface area (Å²) in [6, 6.07) is 10.9. The lowest BCUT2D eigenvalue weighted by atomic mass is 10.1. The molecule has 0 saturated heterocycles. The third kappa shape index (κ3) is 5.26. The summed E-state index contributed by atoms with van der Waals surface area (Å²) in [7, 11) is 3.11. The molecule has 0 aromatic heterocycles. The molecule has 1 amide bonds. The standard InChI is InChI=1S/C19H20BrNO4/c1-4-5-13-6-8-17(18(10-13)24-3)25-12-19(22)21-15-11-14(20)7-9-16(15)23-2/h4,6-11H,1,5,12H2,2-3H3,(H,21,22). The van der Waals surface area contributed by atoms with Crippen LogP contribution in [-0.4, -0.2) is 26.7 Å². The zero-order chi connectivity index (χ0) is 18.2. The van der Waals surface area contributed by atoms with Crippen LogP contribution in [0.3, 0.4) is 0 Å². The molecule has 0 aliphatic heterocycles. The lowest BCUT2D eigenvalue weighted by Gasteiger charge is -2.13. The minimum absolute atomic E-state index is 0.146. The highest BCUT2D eigenvalue weighted by Gasteiger charge is 2.11. The number of hydrogen-bond donors (Lipinski definition) is 1. The van der Waals surface area contributed by atoms with Gasteiger partial charge in [-0.15, -0.1) is 6.58 Å². The van der Waals surface area contributed by atoms with Crippen molar-refractivity contribution in [2.75, 3.05) is 26.1 Å². The minimum atomic E-state index is -0.298. The molecule has 0 unspecified atom stereocenters. The van der Waals surface area contributed by atoms with Gasteiger partial charge in [0.2, 0.25) is 0 Å². The van der Waals surface area contributed by atoms with Crippen molar-refractivity contribution in [3.63, 3.8) is 0 Å². The van der Waals surface area contributed by atoms with Crippen molar-refractivity contribution in [1.29, 1.82) is 0 Å². The molecule has 1 N–H and O–H groups in total. The molecule has 0 atom stereocenters. The normalized spacial score (nSPS) is 10.0. The number of nitrogens with one attached hydrogen (secondary N) is 1. The van der Waals surface area contributed by atoms with Crippen LogP contribution < -0.4 is 19.5 Å². The Balaban J connectivity index is 2.03. The summed E-state index contributed by atoms with van der Waals surface area (Å²) in [5, 5.41) is 2.77. The molecule has 25 heavy (non-hydrogen) atoms. The first-order valence-electron chi connectivity index (χ1n) is 7.61. The summed E-state index contributed by atoms with van der Waals surface area (Å²) in [6.07, 6.45) is 2.55. The van der Waals surface area contributed by atoms with Crippen LogP contribution in [-0.2, 0) is 11.2 Å². The van der Waals surface area contributed by atoms with Crippen molar-refractivity contribution in [2.24, 2.45) is 0 Å². The van der Waals surface area contributed by atoms with Gasteiger partial charge in [-0.1, -0.05) is 28.1 Å². The van der Waals surface area contributed by atoms with Gasteiger partial charge in [-0.05, 0) is 42.3 Å². The highest BCUT2D eigenvalue weighted by molar-refractivity contribution is 9.10. The van der Waals surface area contributed by atoms with Crippen LogP contribution >= 0.6 is 15.9 Å². The van der Waals surface area contributed by atoms with Crippen LogP contribution in [0.5, 0.6) is 17.2 Å². The van der Waals surface area contributed by atoms with Crippen LogP contribution in [0.4, 0.5) is 5.69 Å². The number of methoxy groups -OCH3 is 2. The first-order valence-corrected chi connectivity index (χ1v) is 8.40. The van der Waals surface area contributed by atoms with Gasteiger partial charge < -0.3 is 19.5 Å². The lowest BCUT2D eigenvalue weighted by molar-refractivity contribution is -0.118. The third-order valence-electron chi connectivity index (χ3n) is 3.40. The van der Waals surface area contributed by atoms with Gasteiger partial charge in [0.25, 0.3) is 5.91 Å². The maximum atomic E-state index is 12.2. The molecular weight excluding hydrogens is 386 g/mol. The molecule has 0 aliphatic rings. The predicted octanol–water partition coefficient (Wildman–Crippen LogP) is 4.21. The number of benzene rings is 2. The van der Waals surface area contributed by atoms with Gasteiger partial charge in [-0.25, -0.2) is 0 Å². The van der Waals surface area contributed by atoms with E-state index in [0.29, 0.717) is 22.9 Å². The first kappa shape index (κ1) is 18.9. The number of allylic oxidation sites excluding steroid dienone is 1. The average molecular weight is 406 g/mol. The largest absolute Gasteiger partial charge is 0.495 e. The molecule has 0 heterocycles. The van der Waals surface area contributed by atoms with Crippen LogP contribution in [0.1, 0.15) is 5.56 Å². The molecule has 0 saturated carbocycles. The smallest absolute Gasteiger partial charge is 0.262 e. The molecular formula is C19H20BrNO4. The fourth-order valence-electron chi connectivity index (χ4n) is 2.23. The average Bonchev–Trinajstić information content (AvgIpc) is 2.61. The summed E-state index contributed by atoms with van der Waals surface area (Å²) in [5.41, 5.74) is 1.63. The van der Waals surface area contributed by atoms with Gasteiger partial charge in [-0.2, -0.15) is 0 Å². The maximum absolute atomic E-state index is 12.2. The third-order valence-corrected chi connectivity index (χ3v) is 3.90. The van der Waals surface area contributed by atoms with E-state index in [9.17, 15) is 4.79 Å². The summed E-state index contributed by atoms with van der Waals surface area (Å²) in [5.74, 6) is 1.36. The molecule has 0 radical (unpaired) electrons. The molecule has 5 nitrogen and oxygen atoms in total. The molecule has 2 aromatic rings. The second kappa shape index (κ2) is 9.13. The zero-order valence-electron chi connectivity index (χ0n) is 14.2. The zero-order valence-corrected chi connectivity index (χ0v) is 15.8. The lowest BCUT2D eigenvalue weighted by Crippen LogP contribution is -2.20. The summed E-state index contributed by atoms with van der Waals surface area (Å²) in [4.78, 5) is 12.2. The Morgan fingerprint density at radius 2 is 1.84 bits per heavy atom. The number of halogens is 1. The van der Waals surface area contributed by atoms with Crippen molar-refractivity contribution in [3.8, 4) is 17.2 Å². The highest BCUT2D eigenvalue weighted by Crippen LogP contribution is 2.29. The Morgan fingerprint density at radius 1 is 1.12 bits per heavy atom. The Labute approximate surface area is 155 Å². The summed E-state index contributed by atoms with van der Waals surface area (Å²) >= 11 is 3.37. The van der Waals surface area contributed by atoms with E-state index in [1.165, 1.54) is 0 Å². The van der Waals surface area contributed by atoms with E-state index in [-0.39, 0.29) is 12.5 Å². The molecule has 6 heteroatoms. The molecule has 0 spiro atoms. The number of carbonyl (C=O) groups is 1. The number of anilines is 1. The predicted molar refractivity (Wildman–Crippen MR) is 102 cm³/mol. The SMILES string of the molecule is C=CCc1ccc(OCC(=O)Nc2cc(Br)ccc2OC)c(OC)c1. The van der Waals surface area contributed by atoms with Crippen LogP contribution in [0, 0.1) is 0 Å². The van der Waals surface area contributed by atoms with Crippen LogP contribution in [0.15, 0.2) is 53.5 Å². The summed E-state index contributed by atoms with van der Waals surface area (Å²) in [6.45, 7) is 3.57. The summed E-state index contributed by atoms with van der Waals surface area (Å²) < 4.78 is 17.0. The molecule has 2 aromatic carbocycles. The number of amides is 1. The van der Waals surface area contributed by atoms with E-state index in [1.54, 1.807) is 32.4 Å². The first-order chi connectivity index (χ1) is 12.1. The Hall–Kier alpha value is -2.47. The van der Waals surface area contributed by atoms with Gasteiger partial charge in [-0.3, -0.25) is 4.79 Å². The van der Waals surface area contributed by atoms with E-state index in [0.717, 1.165) is 16.5 Å². The number of carbonyl (C=O) groups excluding carboxylic acids is 1. The van der Waals surface area contributed by atoms with Crippen molar-refractivity contribution in [1.82, 2.24) is 0 Å². The van der Waals surface area contributed by atoms with Crippen molar-refractivity contribution in [3.05, 3.63) is 59.1 Å². The van der Waals surface area contributed by atoms with E-state index in [1.807, 2.05) is 24.3 Å². The number of hydrogen-bond acceptors (Lipinski definition) is 4. The molecule has 0 aliphatic carbocycles. The van der Waals surface area contributed by atoms with E-state index < -0.39 is 0 Å². The fourth-order valence-corrected chi connectivity index (χ4v) is 2.59. The van der Waals surface area contributed by atoms with Crippen LogP contribution in [0.2, 0.25) is 0 Å². The number of ether oxygens (including phenoxy) is 3. The second-order valence-corrected chi connectivity index (χ2v) is 6.08. The fraction of sp³-hybridized carbons (Fsp3) is 0.211. The molecule has 0 fully saturated rings. The van der Waals surface area contributed by atoms with Crippen LogP contribution in [0.25, 0.3) is 0 Å².